The van der Waals surface area contributed by atoms with Gasteiger partial charge in [-0.3, -0.25) is 4.79 Å². The first-order valence-corrected chi connectivity index (χ1v) is 8.03. The summed E-state index contributed by atoms with van der Waals surface area (Å²) in [6.45, 7) is 1.99. The zero-order valence-electron chi connectivity index (χ0n) is 12.9. The Kier molecular flexibility index (Phi) is 4.27. The van der Waals surface area contributed by atoms with Crippen molar-refractivity contribution < 1.29 is 9.53 Å². The van der Waals surface area contributed by atoms with Crippen molar-refractivity contribution in [3.63, 3.8) is 0 Å². The molecule has 4 nitrogen and oxygen atoms in total. The largest absolute Gasteiger partial charge is 0.462 e. The molecule has 116 valence electrons. The standard InChI is InChI=1S/C18H21NO3/c1-2-22-18(21)15-11-19-16-10-13(8-9-14(16)17(15)20)12-6-4-3-5-7-12/h8-12H,2-7H2,1H3,(H,19,20). The average Bonchev–Trinajstić information content (AvgIpc) is 2.56. The number of carbonyl (C=O) groups is 1. The molecule has 0 radical (unpaired) electrons. The summed E-state index contributed by atoms with van der Waals surface area (Å²) in [7, 11) is 0. The van der Waals surface area contributed by atoms with E-state index in [4.69, 9.17) is 4.74 Å². The molecule has 0 bridgehead atoms. The molecule has 1 fully saturated rings. The molecule has 1 aromatic carbocycles. The predicted octanol–water partition coefficient (Wildman–Crippen LogP) is 3.75. The number of hydrogen-bond acceptors (Lipinski definition) is 3. The Morgan fingerprint density at radius 2 is 2.05 bits per heavy atom. The summed E-state index contributed by atoms with van der Waals surface area (Å²) in [6.07, 6.45) is 7.78. The molecular formula is C18H21NO3. The zero-order valence-corrected chi connectivity index (χ0v) is 12.9. The lowest BCUT2D eigenvalue weighted by Crippen LogP contribution is -2.18. The highest BCUT2D eigenvalue weighted by Gasteiger charge is 2.18. The van der Waals surface area contributed by atoms with Gasteiger partial charge in [0.2, 0.25) is 5.43 Å². The maximum absolute atomic E-state index is 12.4. The summed E-state index contributed by atoms with van der Waals surface area (Å²) in [4.78, 5) is 27.3. The van der Waals surface area contributed by atoms with Gasteiger partial charge < -0.3 is 9.72 Å². The summed E-state index contributed by atoms with van der Waals surface area (Å²) in [5.74, 6) is 0.0217. The minimum atomic E-state index is -0.568. The van der Waals surface area contributed by atoms with Crippen LogP contribution in [0, 0.1) is 0 Å². The van der Waals surface area contributed by atoms with Gasteiger partial charge in [0, 0.05) is 17.1 Å². The van der Waals surface area contributed by atoms with E-state index in [0.29, 0.717) is 11.3 Å². The third kappa shape index (κ3) is 2.78. The van der Waals surface area contributed by atoms with Crippen LogP contribution < -0.4 is 5.43 Å². The van der Waals surface area contributed by atoms with Crippen LogP contribution in [0.15, 0.2) is 29.2 Å². The van der Waals surface area contributed by atoms with Gasteiger partial charge in [0.1, 0.15) is 5.56 Å². The Hall–Kier alpha value is -2.10. The van der Waals surface area contributed by atoms with Gasteiger partial charge in [-0.2, -0.15) is 0 Å². The number of nitrogens with one attached hydrogen (secondary N) is 1. The number of fused-ring (bicyclic) bond motifs is 1. The smallest absolute Gasteiger partial charge is 0.343 e. The summed E-state index contributed by atoms with van der Waals surface area (Å²) in [6, 6.07) is 5.92. The first-order valence-electron chi connectivity index (χ1n) is 8.03. The first-order chi connectivity index (χ1) is 10.7. The molecule has 1 aromatic heterocycles. The zero-order chi connectivity index (χ0) is 15.5. The van der Waals surface area contributed by atoms with Crippen LogP contribution in [0.5, 0.6) is 0 Å². The Balaban J connectivity index is 1.99. The van der Waals surface area contributed by atoms with Crippen LogP contribution in [0.1, 0.15) is 60.9 Å². The monoisotopic (exact) mass is 299 g/mol. The lowest BCUT2D eigenvalue weighted by atomic mass is 9.84. The number of rotatable bonds is 3. The van der Waals surface area contributed by atoms with Crippen LogP contribution in [0.25, 0.3) is 10.9 Å². The number of aromatic amines is 1. The Morgan fingerprint density at radius 3 is 2.77 bits per heavy atom. The molecule has 1 N–H and O–H groups in total. The molecule has 1 heterocycles. The molecule has 0 saturated heterocycles. The molecule has 0 unspecified atom stereocenters. The van der Waals surface area contributed by atoms with Crippen LogP contribution in [0.2, 0.25) is 0 Å². The number of pyridine rings is 1. The van der Waals surface area contributed by atoms with Crippen molar-refractivity contribution in [2.75, 3.05) is 6.61 Å². The molecule has 0 atom stereocenters. The van der Waals surface area contributed by atoms with Crippen molar-refractivity contribution in [3.05, 3.63) is 45.7 Å². The fourth-order valence-electron chi connectivity index (χ4n) is 3.29. The van der Waals surface area contributed by atoms with Crippen LogP contribution in [0.3, 0.4) is 0 Å². The van der Waals surface area contributed by atoms with Gasteiger partial charge >= 0.3 is 5.97 Å². The third-order valence-corrected chi connectivity index (χ3v) is 4.48. The fourth-order valence-corrected chi connectivity index (χ4v) is 3.29. The van der Waals surface area contributed by atoms with Gasteiger partial charge in [0.05, 0.1) is 6.61 Å². The number of carbonyl (C=O) groups excluding carboxylic acids is 1. The topological polar surface area (TPSA) is 59.2 Å². The number of ether oxygens (including phenoxy) is 1. The van der Waals surface area contributed by atoms with E-state index in [2.05, 4.69) is 11.1 Å². The van der Waals surface area contributed by atoms with Gasteiger partial charge in [0.15, 0.2) is 0 Å². The molecule has 0 amide bonds. The molecule has 1 aliphatic carbocycles. The van der Waals surface area contributed by atoms with Crippen molar-refractivity contribution in [2.24, 2.45) is 0 Å². The van der Waals surface area contributed by atoms with E-state index in [0.717, 1.165) is 5.52 Å². The molecular weight excluding hydrogens is 278 g/mol. The first kappa shape index (κ1) is 14.8. The highest BCUT2D eigenvalue weighted by Crippen LogP contribution is 2.33. The molecule has 22 heavy (non-hydrogen) atoms. The van der Waals surface area contributed by atoms with Crippen molar-refractivity contribution >= 4 is 16.9 Å². The number of aromatic nitrogens is 1. The van der Waals surface area contributed by atoms with Gasteiger partial charge in [-0.15, -0.1) is 0 Å². The Morgan fingerprint density at radius 1 is 1.27 bits per heavy atom. The average molecular weight is 299 g/mol. The van der Waals surface area contributed by atoms with E-state index in [1.54, 1.807) is 6.92 Å². The van der Waals surface area contributed by atoms with Crippen LogP contribution in [-0.4, -0.2) is 17.6 Å². The lowest BCUT2D eigenvalue weighted by molar-refractivity contribution is 0.0524. The quantitative estimate of drug-likeness (QED) is 0.878. The van der Waals surface area contributed by atoms with Gasteiger partial charge in [-0.25, -0.2) is 4.79 Å². The summed E-state index contributed by atoms with van der Waals surface area (Å²) in [5, 5.41) is 0.546. The molecule has 0 spiro atoms. The van der Waals surface area contributed by atoms with Crippen molar-refractivity contribution in [1.29, 1.82) is 0 Å². The molecule has 2 aromatic rings. The predicted molar refractivity (Wildman–Crippen MR) is 86.4 cm³/mol. The minimum Gasteiger partial charge on any atom is -0.462 e. The minimum absolute atomic E-state index is 0.0692. The van der Waals surface area contributed by atoms with E-state index in [9.17, 15) is 9.59 Å². The number of hydrogen-bond donors (Lipinski definition) is 1. The maximum atomic E-state index is 12.4. The van der Waals surface area contributed by atoms with Gasteiger partial charge in [-0.05, 0) is 43.4 Å². The number of esters is 1. The molecule has 0 aliphatic heterocycles. The summed E-state index contributed by atoms with van der Waals surface area (Å²) >= 11 is 0. The highest BCUT2D eigenvalue weighted by atomic mass is 16.5. The second-order valence-electron chi connectivity index (χ2n) is 5.89. The third-order valence-electron chi connectivity index (χ3n) is 4.48. The second-order valence-corrected chi connectivity index (χ2v) is 5.89. The van der Waals surface area contributed by atoms with Crippen molar-refractivity contribution in [3.8, 4) is 0 Å². The van der Waals surface area contributed by atoms with Crippen LogP contribution >= 0.6 is 0 Å². The number of H-pyrrole nitrogens is 1. The second kappa shape index (κ2) is 6.34. The van der Waals surface area contributed by atoms with E-state index in [-0.39, 0.29) is 17.6 Å². The Bertz CT molecular complexity index is 742. The fraction of sp³-hybridized carbons (Fsp3) is 0.444. The molecule has 3 rings (SSSR count). The molecule has 1 aliphatic rings. The molecule has 1 saturated carbocycles. The SMILES string of the molecule is CCOC(=O)c1c[nH]c2cc(C3CCCCC3)ccc2c1=O. The Labute approximate surface area is 129 Å². The van der Waals surface area contributed by atoms with Crippen LogP contribution in [-0.2, 0) is 4.74 Å². The van der Waals surface area contributed by atoms with Crippen molar-refractivity contribution in [1.82, 2.24) is 4.98 Å². The van der Waals surface area contributed by atoms with Gasteiger partial charge in [0.25, 0.3) is 0 Å². The molecule has 4 heteroatoms. The van der Waals surface area contributed by atoms with E-state index in [1.807, 2.05) is 12.1 Å². The van der Waals surface area contributed by atoms with Gasteiger partial charge in [-0.1, -0.05) is 25.3 Å². The normalized spacial score (nSPS) is 15.9. The number of benzene rings is 1. The van der Waals surface area contributed by atoms with Crippen molar-refractivity contribution in [2.45, 2.75) is 44.9 Å². The lowest BCUT2D eigenvalue weighted by Gasteiger charge is -2.22. The maximum Gasteiger partial charge on any atom is 0.343 e. The highest BCUT2D eigenvalue weighted by molar-refractivity contribution is 5.93. The van der Waals surface area contributed by atoms with E-state index in [1.165, 1.54) is 43.9 Å². The van der Waals surface area contributed by atoms with E-state index < -0.39 is 5.97 Å². The summed E-state index contributed by atoms with van der Waals surface area (Å²) in [5.41, 5.74) is 1.88. The van der Waals surface area contributed by atoms with E-state index >= 15 is 0 Å². The summed E-state index contributed by atoms with van der Waals surface area (Å²) < 4.78 is 4.92. The van der Waals surface area contributed by atoms with Crippen LogP contribution in [0.4, 0.5) is 0 Å².